The van der Waals surface area contributed by atoms with E-state index in [4.69, 9.17) is 11.6 Å². The van der Waals surface area contributed by atoms with Gasteiger partial charge < -0.3 is 4.90 Å². The van der Waals surface area contributed by atoms with Crippen LogP contribution in [-0.2, 0) is 11.3 Å². The van der Waals surface area contributed by atoms with Gasteiger partial charge in [-0.1, -0.05) is 30.3 Å². The molecule has 0 aromatic heterocycles. The summed E-state index contributed by atoms with van der Waals surface area (Å²) in [6.45, 7) is 5.63. The van der Waals surface area contributed by atoms with Crippen LogP contribution in [0.3, 0.4) is 0 Å². The molecule has 3 saturated heterocycles. The van der Waals surface area contributed by atoms with Crippen molar-refractivity contribution >= 4 is 17.5 Å². The van der Waals surface area contributed by atoms with Gasteiger partial charge in [-0.25, -0.2) is 5.43 Å². The summed E-state index contributed by atoms with van der Waals surface area (Å²) in [5.41, 5.74) is 7.68. The first-order valence-corrected chi connectivity index (χ1v) is 10.3. The Kier molecular flexibility index (Phi) is 5.50. The van der Waals surface area contributed by atoms with Crippen LogP contribution in [-0.4, -0.2) is 59.8 Å². The Bertz CT molecular complexity index is 623. The fourth-order valence-electron chi connectivity index (χ4n) is 4.90. The third-order valence-electron chi connectivity index (χ3n) is 6.14. The van der Waals surface area contributed by atoms with Gasteiger partial charge in [0.15, 0.2) is 0 Å². The van der Waals surface area contributed by atoms with Gasteiger partial charge in [-0.15, -0.1) is 11.6 Å². The highest BCUT2D eigenvalue weighted by atomic mass is 35.5. The van der Waals surface area contributed by atoms with Gasteiger partial charge in [-0.2, -0.15) is 0 Å². The number of hydrogen-bond acceptors (Lipinski definition) is 4. The maximum atomic E-state index is 12.9. The molecule has 0 aliphatic carbocycles. The average Bonchev–Trinajstić information content (AvgIpc) is 3.08. The summed E-state index contributed by atoms with van der Waals surface area (Å²) < 4.78 is 0. The van der Waals surface area contributed by atoms with Gasteiger partial charge in [0.1, 0.15) is 6.04 Å². The Morgan fingerprint density at radius 2 is 1.92 bits per heavy atom. The van der Waals surface area contributed by atoms with Crippen LogP contribution in [0.5, 0.6) is 0 Å². The van der Waals surface area contributed by atoms with Gasteiger partial charge in [0, 0.05) is 38.1 Å². The maximum absolute atomic E-state index is 12.9. The highest BCUT2D eigenvalue weighted by Gasteiger charge is 2.43. The number of piperidine rings is 2. The average molecular weight is 377 g/mol. The van der Waals surface area contributed by atoms with Crippen molar-refractivity contribution in [2.24, 2.45) is 5.41 Å². The molecule has 3 aliphatic rings. The van der Waals surface area contributed by atoms with E-state index in [9.17, 15) is 4.79 Å². The molecule has 3 fully saturated rings. The number of hydrogen-bond donors (Lipinski definition) is 2. The molecular formula is C20H29ClN4O. The van der Waals surface area contributed by atoms with E-state index < -0.39 is 0 Å². The molecule has 0 bridgehead atoms. The molecule has 6 heteroatoms. The van der Waals surface area contributed by atoms with Gasteiger partial charge in [0.2, 0.25) is 5.91 Å². The molecule has 1 aromatic rings. The molecule has 3 unspecified atom stereocenters. The minimum absolute atomic E-state index is 0.161. The van der Waals surface area contributed by atoms with Gasteiger partial charge in [-0.05, 0) is 37.8 Å². The van der Waals surface area contributed by atoms with Crippen molar-refractivity contribution in [1.82, 2.24) is 20.7 Å². The predicted octanol–water partition coefficient (Wildman–Crippen LogP) is 1.97. The Balaban J connectivity index is 1.41. The van der Waals surface area contributed by atoms with Gasteiger partial charge >= 0.3 is 0 Å². The summed E-state index contributed by atoms with van der Waals surface area (Å²) in [6.07, 6.45) is 4.76. The number of alkyl halides is 1. The van der Waals surface area contributed by atoms with E-state index in [1.54, 1.807) is 0 Å². The summed E-state index contributed by atoms with van der Waals surface area (Å²) in [5.74, 6) is 0.161. The smallest absolute Gasteiger partial charge is 0.242 e. The van der Waals surface area contributed by atoms with Crippen LogP contribution in [0.4, 0.5) is 0 Å². The van der Waals surface area contributed by atoms with E-state index in [1.807, 2.05) is 0 Å². The monoisotopic (exact) mass is 376 g/mol. The molecule has 3 atom stereocenters. The number of nitrogens with zero attached hydrogens (tertiary/aromatic N) is 2. The Morgan fingerprint density at radius 1 is 1.15 bits per heavy atom. The molecule has 2 N–H and O–H groups in total. The first-order valence-electron chi connectivity index (χ1n) is 9.83. The number of halogens is 1. The molecule has 1 amide bonds. The van der Waals surface area contributed by atoms with Crippen molar-refractivity contribution in [3.63, 3.8) is 0 Å². The van der Waals surface area contributed by atoms with E-state index >= 15 is 0 Å². The number of hydrazine groups is 1. The molecule has 3 heterocycles. The minimum Gasteiger partial charge on any atom is -0.341 e. The number of benzene rings is 1. The van der Waals surface area contributed by atoms with Crippen LogP contribution in [0.25, 0.3) is 0 Å². The number of likely N-dealkylation sites (tertiary alicyclic amines) is 2. The molecule has 142 valence electrons. The zero-order chi connectivity index (χ0) is 18.0. The first-order chi connectivity index (χ1) is 12.7. The van der Waals surface area contributed by atoms with Crippen LogP contribution >= 0.6 is 11.6 Å². The highest BCUT2D eigenvalue weighted by Crippen LogP contribution is 2.39. The molecule has 0 radical (unpaired) electrons. The van der Waals surface area contributed by atoms with Crippen molar-refractivity contribution < 1.29 is 4.79 Å². The standard InChI is InChI=1S/C20H29ClN4O/c21-17-12-22-23-18(17)19(26)25-11-5-9-20(15-25)8-4-10-24(14-20)13-16-6-2-1-3-7-16/h1-3,6-7,17-18,22-23H,4-5,8-15H2. The lowest BCUT2D eigenvalue weighted by molar-refractivity contribution is -0.138. The largest absolute Gasteiger partial charge is 0.341 e. The Morgan fingerprint density at radius 3 is 2.65 bits per heavy atom. The Hall–Kier alpha value is -1.14. The fourth-order valence-corrected chi connectivity index (χ4v) is 5.15. The summed E-state index contributed by atoms with van der Waals surface area (Å²) in [6, 6.07) is 10.4. The van der Waals surface area contributed by atoms with E-state index in [-0.39, 0.29) is 22.7 Å². The molecule has 1 aromatic carbocycles. The SMILES string of the molecule is O=C(C1NNCC1Cl)N1CCCC2(CCCN(Cc3ccccc3)C2)C1. The summed E-state index contributed by atoms with van der Waals surface area (Å²) in [5, 5.41) is -0.165. The second-order valence-electron chi connectivity index (χ2n) is 8.18. The third kappa shape index (κ3) is 3.91. The zero-order valence-corrected chi connectivity index (χ0v) is 16.0. The predicted molar refractivity (Wildman–Crippen MR) is 104 cm³/mol. The molecule has 3 aliphatic heterocycles. The third-order valence-corrected chi connectivity index (χ3v) is 6.55. The number of nitrogens with one attached hydrogen (secondary N) is 2. The number of carbonyl (C=O) groups excluding carboxylic acids is 1. The molecule has 4 rings (SSSR count). The van der Waals surface area contributed by atoms with Crippen LogP contribution in [0.15, 0.2) is 30.3 Å². The second-order valence-corrected chi connectivity index (χ2v) is 8.74. The number of rotatable bonds is 3. The van der Waals surface area contributed by atoms with Gasteiger partial charge in [0.05, 0.1) is 5.38 Å². The normalized spacial score (nSPS) is 32.9. The highest BCUT2D eigenvalue weighted by molar-refractivity contribution is 6.23. The summed E-state index contributed by atoms with van der Waals surface area (Å²) >= 11 is 6.30. The van der Waals surface area contributed by atoms with Crippen LogP contribution in [0.1, 0.15) is 31.2 Å². The molecule has 1 spiro atoms. The van der Waals surface area contributed by atoms with Crippen molar-refractivity contribution in [3.8, 4) is 0 Å². The topological polar surface area (TPSA) is 47.6 Å². The lowest BCUT2D eigenvalue weighted by Crippen LogP contribution is -2.57. The van der Waals surface area contributed by atoms with Crippen LogP contribution < -0.4 is 10.9 Å². The van der Waals surface area contributed by atoms with Crippen LogP contribution in [0, 0.1) is 5.41 Å². The van der Waals surface area contributed by atoms with Gasteiger partial charge in [-0.3, -0.25) is 15.1 Å². The second kappa shape index (κ2) is 7.85. The molecule has 26 heavy (non-hydrogen) atoms. The minimum atomic E-state index is -0.296. The molecule has 5 nitrogen and oxygen atoms in total. The van der Waals surface area contributed by atoms with Crippen molar-refractivity contribution in [1.29, 1.82) is 0 Å². The number of carbonyl (C=O) groups is 1. The van der Waals surface area contributed by atoms with Crippen molar-refractivity contribution in [2.75, 3.05) is 32.7 Å². The number of amides is 1. The summed E-state index contributed by atoms with van der Waals surface area (Å²) in [7, 11) is 0. The van der Waals surface area contributed by atoms with Crippen molar-refractivity contribution in [3.05, 3.63) is 35.9 Å². The zero-order valence-electron chi connectivity index (χ0n) is 15.3. The van der Waals surface area contributed by atoms with E-state index in [2.05, 4.69) is 51.0 Å². The lowest BCUT2D eigenvalue weighted by Gasteiger charge is -2.49. The summed E-state index contributed by atoms with van der Waals surface area (Å²) in [4.78, 5) is 17.6. The fraction of sp³-hybridized carbons (Fsp3) is 0.650. The van der Waals surface area contributed by atoms with Crippen LogP contribution in [0.2, 0.25) is 0 Å². The van der Waals surface area contributed by atoms with Gasteiger partial charge in [0.25, 0.3) is 0 Å². The molecular weight excluding hydrogens is 348 g/mol. The quantitative estimate of drug-likeness (QED) is 0.792. The Labute approximate surface area is 161 Å². The first kappa shape index (κ1) is 18.2. The van der Waals surface area contributed by atoms with E-state index in [1.165, 1.54) is 24.8 Å². The maximum Gasteiger partial charge on any atom is 0.242 e. The lowest BCUT2D eigenvalue weighted by atomic mass is 9.73. The van der Waals surface area contributed by atoms with Crippen molar-refractivity contribution in [2.45, 2.75) is 43.6 Å². The van der Waals surface area contributed by atoms with E-state index in [0.717, 1.165) is 39.1 Å². The van der Waals surface area contributed by atoms with E-state index in [0.29, 0.717) is 6.54 Å². The molecule has 0 saturated carbocycles.